The molecule has 0 fully saturated rings. The van der Waals surface area contributed by atoms with Gasteiger partial charge in [-0.1, -0.05) is 12.2 Å². The number of rotatable bonds is 3. The Kier molecular flexibility index (Phi) is 3.62. The molecule has 4 heteroatoms. The monoisotopic (exact) mass is 216 g/mol. The van der Waals surface area contributed by atoms with Crippen molar-refractivity contribution in [1.29, 1.82) is 5.26 Å². The highest BCUT2D eigenvalue weighted by Gasteiger charge is 2.14. The summed E-state index contributed by atoms with van der Waals surface area (Å²) in [6, 6.07) is 2.18. The maximum absolute atomic E-state index is 9.14. The molecule has 0 aliphatic heterocycles. The van der Waals surface area contributed by atoms with Gasteiger partial charge in [-0.25, -0.2) is 0 Å². The fourth-order valence-electron chi connectivity index (χ4n) is 1.48. The Balaban J connectivity index is 3.20. The van der Waals surface area contributed by atoms with E-state index in [1.807, 2.05) is 32.7 Å². The predicted octanol–water partition coefficient (Wildman–Crippen LogP) is 1.98. The fourth-order valence-corrected chi connectivity index (χ4v) is 1.48. The van der Waals surface area contributed by atoms with E-state index in [2.05, 4.69) is 22.8 Å². The van der Waals surface area contributed by atoms with E-state index in [0.717, 1.165) is 16.8 Å². The molecule has 0 radical (unpaired) electrons. The minimum Gasteiger partial charge on any atom is -0.353 e. The van der Waals surface area contributed by atoms with Crippen LogP contribution < -0.4 is 4.90 Å². The number of hydrogen-bond acceptors (Lipinski definition) is 4. The molecule has 4 nitrogen and oxygen atoms in total. The van der Waals surface area contributed by atoms with Crippen molar-refractivity contribution in [3.8, 4) is 6.07 Å². The molecule has 0 unspecified atom stereocenters. The zero-order chi connectivity index (χ0) is 12.3. The molecule has 1 aromatic rings. The molecule has 0 aliphatic carbocycles. The molecule has 16 heavy (non-hydrogen) atoms. The van der Waals surface area contributed by atoms with Crippen LogP contribution in [0.25, 0.3) is 0 Å². The first-order valence-electron chi connectivity index (χ1n) is 5.06. The average Bonchev–Trinajstić information content (AvgIpc) is 2.20. The minimum absolute atomic E-state index is 0.594. The second-order valence-electron chi connectivity index (χ2n) is 4.03. The van der Waals surface area contributed by atoms with Crippen LogP contribution in [0.4, 0.5) is 5.82 Å². The molecule has 1 rings (SSSR count). The third-order valence-electron chi connectivity index (χ3n) is 2.42. The lowest BCUT2D eigenvalue weighted by Crippen LogP contribution is -2.22. The highest BCUT2D eigenvalue weighted by molar-refractivity contribution is 5.57. The molecule has 0 spiro atoms. The summed E-state index contributed by atoms with van der Waals surface area (Å²) < 4.78 is 0. The molecule has 1 aromatic heterocycles. The lowest BCUT2D eigenvalue weighted by Gasteiger charge is -2.19. The number of aromatic nitrogens is 2. The first kappa shape index (κ1) is 12.2. The van der Waals surface area contributed by atoms with Crippen molar-refractivity contribution in [2.75, 3.05) is 18.5 Å². The van der Waals surface area contributed by atoms with Crippen LogP contribution in [0.15, 0.2) is 12.2 Å². The molecular formula is C12H16N4. The zero-order valence-corrected chi connectivity index (χ0v) is 10.2. The Morgan fingerprint density at radius 1 is 1.44 bits per heavy atom. The summed E-state index contributed by atoms with van der Waals surface area (Å²) in [5.74, 6) is 0.619. The van der Waals surface area contributed by atoms with Crippen molar-refractivity contribution in [3.63, 3.8) is 0 Å². The number of aryl methyl sites for hydroxylation is 1. The summed E-state index contributed by atoms with van der Waals surface area (Å²) in [7, 11) is 1.88. The Hall–Kier alpha value is -1.89. The Morgan fingerprint density at radius 2 is 2.06 bits per heavy atom. The largest absolute Gasteiger partial charge is 0.353 e. The third kappa shape index (κ3) is 2.37. The van der Waals surface area contributed by atoms with Gasteiger partial charge in [0.15, 0.2) is 5.82 Å². The lowest BCUT2D eigenvalue weighted by atomic mass is 10.1. The van der Waals surface area contributed by atoms with Crippen molar-refractivity contribution in [3.05, 3.63) is 29.0 Å². The molecule has 84 valence electrons. The summed E-state index contributed by atoms with van der Waals surface area (Å²) in [5, 5.41) is 17.3. The van der Waals surface area contributed by atoms with Gasteiger partial charge in [0.1, 0.15) is 11.6 Å². The van der Waals surface area contributed by atoms with E-state index in [0.29, 0.717) is 17.9 Å². The van der Waals surface area contributed by atoms with E-state index < -0.39 is 0 Å². The highest BCUT2D eigenvalue weighted by Crippen LogP contribution is 2.20. The van der Waals surface area contributed by atoms with E-state index in [9.17, 15) is 0 Å². The van der Waals surface area contributed by atoms with E-state index >= 15 is 0 Å². The summed E-state index contributed by atoms with van der Waals surface area (Å²) in [4.78, 5) is 1.89. The van der Waals surface area contributed by atoms with Crippen LogP contribution in [0.2, 0.25) is 0 Å². The van der Waals surface area contributed by atoms with Gasteiger partial charge in [0, 0.05) is 13.6 Å². The van der Waals surface area contributed by atoms with Crippen LogP contribution >= 0.6 is 0 Å². The van der Waals surface area contributed by atoms with Crippen molar-refractivity contribution in [2.45, 2.75) is 20.8 Å². The van der Waals surface area contributed by atoms with E-state index in [1.165, 1.54) is 0 Å². The second-order valence-corrected chi connectivity index (χ2v) is 4.03. The molecule has 0 saturated heterocycles. The van der Waals surface area contributed by atoms with Gasteiger partial charge in [-0.15, -0.1) is 5.10 Å². The number of nitriles is 1. The second kappa shape index (κ2) is 4.75. The third-order valence-corrected chi connectivity index (χ3v) is 2.42. The first-order chi connectivity index (χ1) is 7.47. The lowest BCUT2D eigenvalue weighted by molar-refractivity contribution is 0.878. The summed E-state index contributed by atoms with van der Waals surface area (Å²) in [6.07, 6.45) is 0. The van der Waals surface area contributed by atoms with Gasteiger partial charge in [-0.3, -0.25) is 0 Å². The Morgan fingerprint density at radius 3 is 2.56 bits per heavy atom. The van der Waals surface area contributed by atoms with Gasteiger partial charge in [0.25, 0.3) is 0 Å². The topological polar surface area (TPSA) is 52.8 Å². The van der Waals surface area contributed by atoms with Crippen LogP contribution in [-0.2, 0) is 0 Å². The molecule has 0 aromatic carbocycles. The first-order valence-corrected chi connectivity index (χ1v) is 5.06. The quantitative estimate of drug-likeness (QED) is 0.725. The van der Waals surface area contributed by atoms with Crippen LogP contribution in [0, 0.1) is 25.2 Å². The number of anilines is 1. The van der Waals surface area contributed by atoms with Crippen LogP contribution in [0.1, 0.15) is 23.7 Å². The predicted molar refractivity (Wildman–Crippen MR) is 64.3 cm³/mol. The summed E-state index contributed by atoms with van der Waals surface area (Å²) >= 11 is 0. The fraction of sp³-hybridized carbons (Fsp3) is 0.417. The van der Waals surface area contributed by atoms with Gasteiger partial charge >= 0.3 is 0 Å². The SMILES string of the molecule is C=C(C)CN(C)c1nnc(C)c(C)c1C#N. The summed E-state index contributed by atoms with van der Waals surface area (Å²) in [6.45, 7) is 10.2. The normalized spacial score (nSPS) is 9.69. The molecule has 0 amide bonds. The molecule has 0 bridgehead atoms. The van der Waals surface area contributed by atoms with Crippen molar-refractivity contribution in [2.24, 2.45) is 0 Å². The van der Waals surface area contributed by atoms with Gasteiger partial charge < -0.3 is 4.90 Å². The average molecular weight is 216 g/mol. The van der Waals surface area contributed by atoms with Gasteiger partial charge in [-0.05, 0) is 26.3 Å². The van der Waals surface area contributed by atoms with Gasteiger partial charge in [-0.2, -0.15) is 10.4 Å². The highest BCUT2D eigenvalue weighted by atomic mass is 15.2. The molecule has 0 N–H and O–H groups in total. The molecular weight excluding hydrogens is 200 g/mol. The number of nitrogens with zero attached hydrogens (tertiary/aromatic N) is 4. The maximum atomic E-state index is 9.14. The van der Waals surface area contributed by atoms with E-state index in [-0.39, 0.29) is 0 Å². The Labute approximate surface area is 96.2 Å². The standard InChI is InChI=1S/C12H16N4/c1-8(2)7-16(5)12-11(6-13)9(3)10(4)14-15-12/h1,7H2,2-5H3. The zero-order valence-electron chi connectivity index (χ0n) is 10.2. The maximum Gasteiger partial charge on any atom is 0.169 e. The van der Waals surface area contributed by atoms with Crippen molar-refractivity contribution in [1.82, 2.24) is 10.2 Å². The van der Waals surface area contributed by atoms with E-state index in [1.54, 1.807) is 0 Å². The smallest absolute Gasteiger partial charge is 0.169 e. The molecule has 0 aliphatic rings. The molecule has 1 heterocycles. The van der Waals surface area contributed by atoms with Crippen molar-refractivity contribution >= 4 is 5.82 Å². The van der Waals surface area contributed by atoms with Gasteiger partial charge in [0.2, 0.25) is 0 Å². The number of likely N-dealkylation sites (N-methyl/N-ethyl adjacent to an activating group) is 1. The van der Waals surface area contributed by atoms with Crippen LogP contribution in [-0.4, -0.2) is 23.8 Å². The summed E-state index contributed by atoms with van der Waals surface area (Å²) in [5.41, 5.74) is 3.30. The van der Waals surface area contributed by atoms with Crippen LogP contribution in [0.5, 0.6) is 0 Å². The van der Waals surface area contributed by atoms with Crippen LogP contribution in [0.3, 0.4) is 0 Å². The molecule has 0 atom stereocenters. The minimum atomic E-state index is 0.594. The van der Waals surface area contributed by atoms with E-state index in [4.69, 9.17) is 5.26 Å². The van der Waals surface area contributed by atoms with Gasteiger partial charge in [0.05, 0.1) is 5.69 Å². The Bertz CT molecular complexity index is 457. The number of hydrogen-bond donors (Lipinski definition) is 0. The van der Waals surface area contributed by atoms with Crippen molar-refractivity contribution < 1.29 is 0 Å². The molecule has 0 saturated carbocycles.